The van der Waals surface area contributed by atoms with Gasteiger partial charge in [-0.2, -0.15) is 0 Å². The zero-order valence-electron chi connectivity index (χ0n) is 9.82. The Morgan fingerprint density at radius 2 is 1.89 bits per heavy atom. The molecule has 0 atom stereocenters. The van der Waals surface area contributed by atoms with E-state index in [4.69, 9.17) is 0 Å². The standard InChI is InChI=1S/C14H13N3O/c18-10-9-17-13-7-2-1-5-11(13)16-14(17)12-6-3-4-8-15-12/h1-8,18H,9-10H2. The number of hydrogen-bond acceptors (Lipinski definition) is 3. The number of para-hydroxylation sites is 2. The molecule has 0 saturated heterocycles. The van der Waals surface area contributed by atoms with Crippen LogP contribution < -0.4 is 0 Å². The second-order valence-corrected chi connectivity index (χ2v) is 4.01. The first-order valence-electron chi connectivity index (χ1n) is 5.87. The minimum absolute atomic E-state index is 0.0835. The van der Waals surface area contributed by atoms with Crippen LogP contribution in [-0.2, 0) is 6.54 Å². The van der Waals surface area contributed by atoms with E-state index in [1.165, 1.54) is 0 Å². The smallest absolute Gasteiger partial charge is 0.159 e. The van der Waals surface area contributed by atoms with Crippen molar-refractivity contribution in [2.45, 2.75) is 6.54 Å². The zero-order chi connectivity index (χ0) is 12.4. The maximum absolute atomic E-state index is 9.20. The third-order valence-electron chi connectivity index (χ3n) is 2.87. The van der Waals surface area contributed by atoms with E-state index in [9.17, 15) is 5.11 Å². The van der Waals surface area contributed by atoms with Crippen LogP contribution in [0, 0.1) is 0 Å². The van der Waals surface area contributed by atoms with Gasteiger partial charge in [0.15, 0.2) is 5.82 Å². The molecule has 90 valence electrons. The quantitative estimate of drug-likeness (QED) is 0.761. The third-order valence-corrected chi connectivity index (χ3v) is 2.87. The van der Waals surface area contributed by atoms with Crippen LogP contribution in [0.15, 0.2) is 48.7 Å². The van der Waals surface area contributed by atoms with Gasteiger partial charge in [-0.15, -0.1) is 0 Å². The van der Waals surface area contributed by atoms with Crippen molar-refractivity contribution in [1.82, 2.24) is 14.5 Å². The third kappa shape index (κ3) is 1.76. The highest BCUT2D eigenvalue weighted by Gasteiger charge is 2.12. The summed E-state index contributed by atoms with van der Waals surface area (Å²) in [6.45, 7) is 0.604. The van der Waals surface area contributed by atoms with Crippen LogP contribution in [0.1, 0.15) is 0 Å². The molecule has 3 rings (SSSR count). The molecule has 2 aromatic heterocycles. The Labute approximate surface area is 105 Å². The van der Waals surface area contributed by atoms with Crippen molar-refractivity contribution in [2.75, 3.05) is 6.61 Å². The van der Waals surface area contributed by atoms with Gasteiger partial charge in [-0.05, 0) is 24.3 Å². The van der Waals surface area contributed by atoms with Gasteiger partial charge in [0.2, 0.25) is 0 Å². The van der Waals surface area contributed by atoms with E-state index in [0.717, 1.165) is 22.6 Å². The summed E-state index contributed by atoms with van der Waals surface area (Å²) in [7, 11) is 0. The van der Waals surface area contributed by atoms with Crippen LogP contribution in [0.4, 0.5) is 0 Å². The number of hydrogen-bond donors (Lipinski definition) is 1. The molecule has 0 aliphatic heterocycles. The highest BCUT2D eigenvalue weighted by atomic mass is 16.3. The predicted octanol–water partition coefficient (Wildman–Crippen LogP) is 2.09. The fraction of sp³-hybridized carbons (Fsp3) is 0.143. The average molecular weight is 239 g/mol. The van der Waals surface area contributed by atoms with Crippen molar-refractivity contribution in [1.29, 1.82) is 0 Å². The van der Waals surface area contributed by atoms with E-state index < -0.39 is 0 Å². The van der Waals surface area contributed by atoms with Gasteiger partial charge < -0.3 is 9.67 Å². The van der Waals surface area contributed by atoms with Crippen LogP contribution in [-0.4, -0.2) is 26.2 Å². The molecule has 18 heavy (non-hydrogen) atoms. The Kier molecular flexibility index (Phi) is 2.78. The summed E-state index contributed by atoms with van der Waals surface area (Å²) in [6, 6.07) is 13.6. The van der Waals surface area contributed by atoms with Gasteiger partial charge in [0.05, 0.1) is 17.6 Å². The molecule has 1 aromatic carbocycles. The molecule has 0 radical (unpaired) electrons. The van der Waals surface area contributed by atoms with Crippen molar-refractivity contribution < 1.29 is 5.11 Å². The van der Waals surface area contributed by atoms with Crippen molar-refractivity contribution in [3.8, 4) is 11.5 Å². The molecule has 2 heterocycles. The summed E-state index contributed by atoms with van der Waals surface area (Å²) >= 11 is 0. The minimum atomic E-state index is 0.0835. The molecule has 0 amide bonds. The normalized spacial score (nSPS) is 10.9. The summed E-state index contributed by atoms with van der Waals surface area (Å²) in [4.78, 5) is 8.91. The molecule has 0 aliphatic carbocycles. The Morgan fingerprint density at radius 3 is 2.67 bits per heavy atom. The summed E-state index contributed by atoms with van der Waals surface area (Å²) in [6.07, 6.45) is 1.75. The molecule has 4 nitrogen and oxygen atoms in total. The molecule has 4 heteroatoms. The Balaban J connectivity index is 2.25. The van der Waals surface area contributed by atoms with Crippen LogP contribution in [0.25, 0.3) is 22.6 Å². The molecule has 0 fully saturated rings. The Morgan fingerprint density at radius 1 is 1.06 bits per heavy atom. The van der Waals surface area contributed by atoms with Gasteiger partial charge >= 0.3 is 0 Å². The molecule has 1 N–H and O–H groups in total. The van der Waals surface area contributed by atoms with Crippen molar-refractivity contribution >= 4 is 11.0 Å². The first-order chi connectivity index (χ1) is 8.90. The lowest BCUT2D eigenvalue weighted by Gasteiger charge is -2.06. The first kappa shape index (κ1) is 10.9. The first-order valence-corrected chi connectivity index (χ1v) is 5.87. The minimum Gasteiger partial charge on any atom is -0.395 e. The summed E-state index contributed by atoms with van der Waals surface area (Å²) < 4.78 is 2.00. The monoisotopic (exact) mass is 239 g/mol. The van der Waals surface area contributed by atoms with Crippen LogP contribution in [0.3, 0.4) is 0 Å². The molecule has 0 aliphatic rings. The van der Waals surface area contributed by atoms with E-state index in [1.807, 2.05) is 47.0 Å². The van der Waals surface area contributed by atoms with Crippen molar-refractivity contribution in [2.24, 2.45) is 0 Å². The lowest BCUT2D eigenvalue weighted by Crippen LogP contribution is -2.04. The molecular weight excluding hydrogens is 226 g/mol. The molecule has 0 bridgehead atoms. The largest absolute Gasteiger partial charge is 0.395 e. The van der Waals surface area contributed by atoms with Crippen LogP contribution >= 0.6 is 0 Å². The number of aromatic nitrogens is 3. The van der Waals surface area contributed by atoms with Gasteiger partial charge in [-0.3, -0.25) is 4.98 Å². The van der Waals surface area contributed by atoms with Crippen molar-refractivity contribution in [3.63, 3.8) is 0 Å². The average Bonchev–Trinajstić information content (AvgIpc) is 2.80. The fourth-order valence-corrected chi connectivity index (χ4v) is 2.09. The van der Waals surface area contributed by atoms with E-state index >= 15 is 0 Å². The summed E-state index contributed by atoms with van der Waals surface area (Å²) in [5.41, 5.74) is 2.76. The highest BCUT2D eigenvalue weighted by molar-refractivity contribution is 5.79. The second kappa shape index (κ2) is 4.58. The maximum Gasteiger partial charge on any atom is 0.159 e. The highest BCUT2D eigenvalue weighted by Crippen LogP contribution is 2.22. The van der Waals surface area contributed by atoms with E-state index in [0.29, 0.717) is 6.54 Å². The number of rotatable bonds is 3. The number of imidazole rings is 1. The Hall–Kier alpha value is -2.20. The van der Waals surface area contributed by atoms with Gasteiger partial charge in [0, 0.05) is 12.7 Å². The molecular formula is C14H13N3O. The SMILES string of the molecule is OCCn1c(-c2ccccn2)nc2ccccc21. The van der Waals surface area contributed by atoms with Gasteiger partial charge in [-0.1, -0.05) is 18.2 Å². The summed E-state index contributed by atoms with van der Waals surface area (Å²) in [5.74, 6) is 0.797. The van der Waals surface area contributed by atoms with Crippen LogP contribution in [0.5, 0.6) is 0 Å². The van der Waals surface area contributed by atoms with Gasteiger partial charge in [0.1, 0.15) is 5.69 Å². The molecule has 0 unspecified atom stereocenters. The van der Waals surface area contributed by atoms with E-state index in [1.54, 1.807) is 6.20 Å². The maximum atomic E-state index is 9.20. The zero-order valence-corrected chi connectivity index (χ0v) is 9.82. The van der Waals surface area contributed by atoms with Gasteiger partial charge in [-0.25, -0.2) is 4.98 Å². The van der Waals surface area contributed by atoms with Crippen molar-refractivity contribution in [3.05, 3.63) is 48.7 Å². The second-order valence-electron chi connectivity index (χ2n) is 4.01. The fourth-order valence-electron chi connectivity index (χ4n) is 2.09. The number of nitrogens with zero attached hydrogens (tertiary/aromatic N) is 3. The van der Waals surface area contributed by atoms with Crippen LogP contribution in [0.2, 0.25) is 0 Å². The lowest BCUT2D eigenvalue weighted by atomic mass is 10.3. The van der Waals surface area contributed by atoms with E-state index in [2.05, 4.69) is 9.97 Å². The van der Waals surface area contributed by atoms with E-state index in [-0.39, 0.29) is 6.61 Å². The topological polar surface area (TPSA) is 50.9 Å². The number of aliphatic hydroxyl groups is 1. The van der Waals surface area contributed by atoms with Gasteiger partial charge in [0.25, 0.3) is 0 Å². The Bertz CT molecular complexity index is 661. The molecule has 0 saturated carbocycles. The number of fused-ring (bicyclic) bond motifs is 1. The number of benzene rings is 1. The lowest BCUT2D eigenvalue weighted by molar-refractivity contribution is 0.278. The molecule has 3 aromatic rings. The molecule has 0 spiro atoms. The predicted molar refractivity (Wildman–Crippen MR) is 70.0 cm³/mol. The number of aliphatic hydroxyl groups excluding tert-OH is 1. The number of pyridine rings is 1. The summed E-state index contributed by atoms with van der Waals surface area (Å²) in [5, 5.41) is 9.20.